The zero-order valence-electron chi connectivity index (χ0n) is 12.1. The molecule has 7 heteroatoms. The fourth-order valence-corrected chi connectivity index (χ4v) is 3.69. The van der Waals surface area contributed by atoms with Crippen LogP contribution in [0.2, 0.25) is 0 Å². The van der Waals surface area contributed by atoms with Crippen molar-refractivity contribution in [2.75, 3.05) is 0 Å². The third kappa shape index (κ3) is 3.25. The van der Waals surface area contributed by atoms with Gasteiger partial charge in [-0.15, -0.1) is 11.3 Å². The molecule has 0 saturated heterocycles. The Morgan fingerprint density at radius 2 is 2.22 bits per heavy atom. The molecule has 0 aliphatic carbocycles. The molecule has 0 radical (unpaired) electrons. The monoisotopic (exact) mass is 345 g/mol. The van der Waals surface area contributed by atoms with Gasteiger partial charge in [-0.05, 0) is 37.2 Å². The maximum Gasteiger partial charge on any atom is 0.210 e. The van der Waals surface area contributed by atoms with Crippen molar-refractivity contribution in [1.82, 2.24) is 4.57 Å². The Morgan fingerprint density at radius 1 is 1.43 bits per heavy atom. The van der Waals surface area contributed by atoms with Gasteiger partial charge in [0.25, 0.3) is 0 Å². The van der Waals surface area contributed by atoms with Gasteiger partial charge in [0.1, 0.15) is 0 Å². The number of para-hydroxylation sites is 1. The number of aliphatic imine (C=N–C) groups is 1. The third-order valence-corrected chi connectivity index (χ3v) is 4.89. The number of nitrogens with zero attached hydrogens (tertiary/aromatic N) is 2. The van der Waals surface area contributed by atoms with E-state index in [4.69, 9.17) is 12.2 Å². The Hall–Kier alpha value is -2.25. The van der Waals surface area contributed by atoms with E-state index in [1.165, 1.54) is 11.3 Å². The molecule has 1 N–H and O–H groups in total. The Kier molecular flexibility index (Phi) is 4.40. The maximum atomic E-state index is 10.5. The summed E-state index contributed by atoms with van der Waals surface area (Å²) < 4.78 is 2.06. The number of aliphatic carboxylic acids is 1. The summed E-state index contributed by atoms with van der Waals surface area (Å²) in [6.07, 6.45) is 3.91. The van der Waals surface area contributed by atoms with Crippen LogP contribution in [0.1, 0.15) is 23.3 Å². The number of carboxylic acid groups (broad SMARTS) is 1. The number of fused-ring (bicyclic) bond motifs is 1. The van der Waals surface area contributed by atoms with Crippen LogP contribution >= 0.6 is 23.6 Å². The smallest absolute Gasteiger partial charge is 0.210 e. The molecule has 1 aliphatic rings. The van der Waals surface area contributed by atoms with Crippen molar-refractivity contribution < 1.29 is 15.0 Å². The first-order valence-corrected chi connectivity index (χ1v) is 8.26. The molecule has 3 rings (SSSR count). The van der Waals surface area contributed by atoms with E-state index >= 15 is 0 Å². The first kappa shape index (κ1) is 15.6. The van der Waals surface area contributed by atoms with E-state index in [1.54, 1.807) is 10.8 Å². The summed E-state index contributed by atoms with van der Waals surface area (Å²) in [5.41, 5.74) is 2.82. The van der Waals surface area contributed by atoms with Gasteiger partial charge in [-0.25, -0.2) is 0 Å². The summed E-state index contributed by atoms with van der Waals surface area (Å²) in [4.78, 5) is 15.5. The molecule has 5 nitrogen and oxygen atoms in total. The normalized spacial score (nSPS) is 14.3. The van der Waals surface area contributed by atoms with Gasteiger partial charge < -0.3 is 15.0 Å². The molecule has 23 heavy (non-hydrogen) atoms. The number of carboxylic acids is 1. The summed E-state index contributed by atoms with van der Waals surface area (Å²) in [6.45, 7) is 0.350. The van der Waals surface area contributed by atoms with Crippen LogP contribution in [0, 0.1) is 3.95 Å². The highest BCUT2D eigenvalue weighted by atomic mass is 32.1. The van der Waals surface area contributed by atoms with Gasteiger partial charge in [0, 0.05) is 29.9 Å². The molecule has 0 fully saturated rings. The molecule has 0 bridgehead atoms. The highest BCUT2D eigenvalue weighted by Crippen LogP contribution is 2.35. The van der Waals surface area contributed by atoms with Crippen molar-refractivity contribution in [2.24, 2.45) is 4.99 Å². The molecule has 0 unspecified atom stereocenters. The first-order chi connectivity index (χ1) is 11.1. The second kappa shape index (κ2) is 6.47. The molecule has 118 valence electrons. The molecule has 0 atom stereocenters. The fraction of sp³-hybridized carbons (Fsp3) is 0.188. The Morgan fingerprint density at radius 3 is 3.00 bits per heavy atom. The summed E-state index contributed by atoms with van der Waals surface area (Å²) in [7, 11) is 0. The van der Waals surface area contributed by atoms with Crippen molar-refractivity contribution in [2.45, 2.75) is 19.4 Å². The predicted octanol–water partition coefficient (Wildman–Crippen LogP) is 2.77. The van der Waals surface area contributed by atoms with Gasteiger partial charge in [-0.2, -0.15) is 0 Å². The number of aromatic hydroxyl groups is 1. The summed E-state index contributed by atoms with van der Waals surface area (Å²) >= 11 is 6.54. The second-order valence-corrected chi connectivity index (χ2v) is 6.73. The quantitative estimate of drug-likeness (QED) is 0.845. The van der Waals surface area contributed by atoms with E-state index in [0.717, 1.165) is 16.8 Å². The number of aromatic nitrogens is 1. The van der Waals surface area contributed by atoms with Crippen LogP contribution in [-0.2, 0) is 11.3 Å². The number of carbonyl (C=O) groups excluding carboxylic acids is 1. The summed E-state index contributed by atoms with van der Waals surface area (Å²) in [6, 6.07) is 7.77. The molecular weight excluding hydrogens is 332 g/mol. The molecule has 0 amide bonds. The number of benzene rings is 1. The first-order valence-electron chi connectivity index (χ1n) is 7.04. The summed E-state index contributed by atoms with van der Waals surface area (Å²) in [5.74, 6) is -1.05. The Balaban J connectivity index is 1.88. The maximum absolute atomic E-state index is 10.5. The van der Waals surface area contributed by atoms with Crippen molar-refractivity contribution in [3.63, 3.8) is 0 Å². The van der Waals surface area contributed by atoms with E-state index < -0.39 is 5.97 Å². The van der Waals surface area contributed by atoms with Gasteiger partial charge in [0.15, 0.2) is 3.95 Å². The Labute approximate surface area is 141 Å². The minimum atomic E-state index is -1.10. The number of hydrogen-bond donors (Lipinski definition) is 1. The van der Waals surface area contributed by atoms with Crippen molar-refractivity contribution >= 4 is 53.1 Å². The second-order valence-electron chi connectivity index (χ2n) is 5.06. The van der Waals surface area contributed by atoms with E-state index in [-0.39, 0.29) is 12.3 Å². The average Bonchev–Trinajstić information content (AvgIpc) is 3.04. The van der Waals surface area contributed by atoms with Crippen LogP contribution in [-0.4, -0.2) is 21.9 Å². The molecule has 1 aliphatic heterocycles. The molecule has 0 saturated carbocycles. The molecule has 2 heterocycles. The van der Waals surface area contributed by atoms with Gasteiger partial charge in [-0.3, -0.25) is 9.56 Å². The van der Waals surface area contributed by atoms with Crippen molar-refractivity contribution in [3.05, 3.63) is 38.7 Å². The fourth-order valence-electron chi connectivity index (χ4n) is 2.38. The van der Waals surface area contributed by atoms with E-state index in [0.29, 0.717) is 21.8 Å². The van der Waals surface area contributed by atoms with Crippen molar-refractivity contribution in [1.29, 1.82) is 0 Å². The molecular formula is C16H13N2O3S2-. The minimum absolute atomic E-state index is 0.0589. The number of rotatable bonds is 5. The minimum Gasteiger partial charge on any atom is -0.550 e. The number of carbonyl (C=O) groups is 1. The molecule has 0 spiro atoms. The van der Waals surface area contributed by atoms with Crippen LogP contribution in [0.5, 0.6) is 5.88 Å². The van der Waals surface area contributed by atoms with E-state index in [2.05, 4.69) is 4.99 Å². The predicted molar refractivity (Wildman–Crippen MR) is 91.5 cm³/mol. The average molecular weight is 345 g/mol. The standard InChI is InChI=1S/C16H14N2O3S2/c19-14(20)6-3-7-18-15(21)13(23-16(18)22)8-10-9-17-12-5-2-1-4-11(10)12/h1-2,4-5,8-9,21H,3,6-7H2,(H,19,20)/p-1/b10-8+. The largest absolute Gasteiger partial charge is 0.550 e. The summed E-state index contributed by atoms with van der Waals surface area (Å²) in [5, 5.41) is 20.8. The van der Waals surface area contributed by atoms with Crippen LogP contribution in [0.15, 0.2) is 29.3 Å². The number of allylic oxidation sites excluding steroid dienone is 1. The van der Waals surface area contributed by atoms with Gasteiger partial charge >= 0.3 is 0 Å². The lowest BCUT2D eigenvalue weighted by Crippen LogP contribution is -2.22. The highest BCUT2D eigenvalue weighted by Gasteiger charge is 2.15. The van der Waals surface area contributed by atoms with Crippen LogP contribution in [0.4, 0.5) is 5.69 Å². The lowest BCUT2D eigenvalue weighted by Gasteiger charge is -2.05. The zero-order valence-corrected chi connectivity index (χ0v) is 13.7. The number of thiazole rings is 1. The lowest BCUT2D eigenvalue weighted by molar-refractivity contribution is -0.305. The third-order valence-electron chi connectivity index (χ3n) is 3.50. The SMILES string of the molecule is O=C([O-])CCCn1c(O)c(/C=C2\C=Nc3ccccc32)sc1=S. The number of hydrogen-bond acceptors (Lipinski definition) is 6. The van der Waals surface area contributed by atoms with Gasteiger partial charge in [-0.1, -0.05) is 18.2 Å². The molecule has 2 aromatic rings. The Bertz CT molecular complexity index is 878. The lowest BCUT2D eigenvalue weighted by atomic mass is 10.1. The van der Waals surface area contributed by atoms with Crippen molar-refractivity contribution in [3.8, 4) is 5.88 Å². The van der Waals surface area contributed by atoms with Gasteiger partial charge in [0.05, 0.1) is 10.6 Å². The molecule has 1 aromatic carbocycles. The van der Waals surface area contributed by atoms with E-state index in [1.807, 2.05) is 30.3 Å². The van der Waals surface area contributed by atoms with Crippen LogP contribution < -0.4 is 5.11 Å². The molecule has 1 aromatic heterocycles. The zero-order chi connectivity index (χ0) is 16.4. The van der Waals surface area contributed by atoms with Crippen LogP contribution in [0.25, 0.3) is 11.6 Å². The highest BCUT2D eigenvalue weighted by molar-refractivity contribution is 7.73. The van der Waals surface area contributed by atoms with E-state index in [9.17, 15) is 15.0 Å². The topological polar surface area (TPSA) is 77.6 Å². The van der Waals surface area contributed by atoms with Gasteiger partial charge in [0.2, 0.25) is 5.88 Å². The van der Waals surface area contributed by atoms with Crippen LogP contribution in [0.3, 0.4) is 0 Å².